The average molecular weight is 284 g/mol. The summed E-state index contributed by atoms with van der Waals surface area (Å²) >= 11 is 0. The van der Waals surface area contributed by atoms with Crippen LogP contribution in [0.25, 0.3) is 0 Å². The largest absolute Gasteiger partial charge is 0.481 e. The molecule has 6 heteroatoms. The highest BCUT2D eigenvalue weighted by Crippen LogP contribution is 2.21. The van der Waals surface area contributed by atoms with Crippen molar-refractivity contribution < 1.29 is 19.5 Å². The van der Waals surface area contributed by atoms with E-state index in [1.807, 2.05) is 25.7 Å². The Kier molecular flexibility index (Phi) is 6.13. The van der Waals surface area contributed by atoms with Crippen LogP contribution in [0.4, 0.5) is 0 Å². The molecule has 0 aromatic rings. The Labute approximate surface area is 119 Å². The second-order valence-electron chi connectivity index (χ2n) is 5.43. The number of hydrogen-bond donors (Lipinski definition) is 1. The van der Waals surface area contributed by atoms with Crippen LogP contribution in [0.3, 0.4) is 0 Å². The topological polar surface area (TPSA) is 77.9 Å². The lowest BCUT2D eigenvalue weighted by atomic mass is 10.1. The molecule has 6 nitrogen and oxygen atoms in total. The molecule has 0 bridgehead atoms. The predicted octanol–water partition coefficient (Wildman–Crippen LogP) is 1.10. The number of hydrogen-bond acceptors (Lipinski definition) is 4. The highest BCUT2D eigenvalue weighted by Gasteiger charge is 2.41. The van der Waals surface area contributed by atoms with Crippen molar-refractivity contribution in [3.63, 3.8) is 0 Å². The van der Waals surface area contributed by atoms with Gasteiger partial charge in [0.15, 0.2) is 0 Å². The minimum atomic E-state index is -0.838. The monoisotopic (exact) mass is 284 g/mol. The van der Waals surface area contributed by atoms with Crippen LogP contribution in [0.15, 0.2) is 0 Å². The maximum Gasteiger partial charge on any atom is 0.303 e. The molecule has 1 aliphatic rings. The Bertz CT molecular complexity index is 381. The molecular weight excluding hydrogens is 260 g/mol. The average Bonchev–Trinajstić information content (AvgIpc) is 2.62. The number of carboxylic acid groups (broad SMARTS) is 1. The van der Waals surface area contributed by atoms with Gasteiger partial charge in [0.1, 0.15) is 0 Å². The van der Waals surface area contributed by atoms with E-state index >= 15 is 0 Å². The Morgan fingerprint density at radius 1 is 1.45 bits per heavy atom. The van der Waals surface area contributed by atoms with Crippen molar-refractivity contribution >= 4 is 17.8 Å². The van der Waals surface area contributed by atoms with E-state index in [4.69, 9.17) is 5.11 Å². The lowest BCUT2D eigenvalue weighted by Gasteiger charge is -2.30. The van der Waals surface area contributed by atoms with Gasteiger partial charge in [-0.3, -0.25) is 24.2 Å². The first-order chi connectivity index (χ1) is 9.38. The normalized spacial score (nSPS) is 19.4. The molecule has 1 N–H and O–H groups in total. The van der Waals surface area contributed by atoms with E-state index in [2.05, 4.69) is 0 Å². The van der Waals surface area contributed by atoms with Gasteiger partial charge in [-0.15, -0.1) is 0 Å². The molecule has 0 aromatic carbocycles. The van der Waals surface area contributed by atoms with Crippen molar-refractivity contribution in [3.8, 4) is 0 Å². The quantitative estimate of drug-likeness (QED) is 0.675. The zero-order chi connectivity index (χ0) is 15.3. The van der Waals surface area contributed by atoms with Gasteiger partial charge in [0.25, 0.3) is 0 Å². The van der Waals surface area contributed by atoms with Crippen LogP contribution in [-0.2, 0) is 14.4 Å². The number of rotatable bonds is 8. The van der Waals surface area contributed by atoms with Crippen LogP contribution < -0.4 is 0 Å². The number of nitrogens with zero attached hydrogens (tertiary/aromatic N) is 2. The Morgan fingerprint density at radius 2 is 2.10 bits per heavy atom. The minimum absolute atomic E-state index is 0.0801. The first-order valence-corrected chi connectivity index (χ1v) is 7.20. The highest BCUT2D eigenvalue weighted by atomic mass is 16.4. The molecule has 2 amide bonds. The molecular formula is C14H24N2O4. The summed E-state index contributed by atoms with van der Waals surface area (Å²) in [6, 6.07) is -0.324. The van der Waals surface area contributed by atoms with Gasteiger partial charge in [-0.1, -0.05) is 6.92 Å². The highest BCUT2D eigenvalue weighted by molar-refractivity contribution is 6.05. The number of carboxylic acids is 1. The molecule has 0 aliphatic carbocycles. The van der Waals surface area contributed by atoms with Crippen LogP contribution >= 0.6 is 0 Å². The van der Waals surface area contributed by atoms with Gasteiger partial charge >= 0.3 is 5.97 Å². The van der Waals surface area contributed by atoms with E-state index in [-0.39, 0.29) is 30.7 Å². The van der Waals surface area contributed by atoms with Crippen molar-refractivity contribution in [3.05, 3.63) is 0 Å². The molecule has 1 atom stereocenters. The number of carbonyl (C=O) groups excluding carboxylic acids is 2. The number of aliphatic carboxylic acids is 1. The summed E-state index contributed by atoms with van der Waals surface area (Å²) in [5, 5.41) is 8.69. The molecule has 114 valence electrons. The molecule has 1 heterocycles. The van der Waals surface area contributed by atoms with Gasteiger partial charge in [-0.05, 0) is 33.2 Å². The van der Waals surface area contributed by atoms with Gasteiger partial charge in [-0.25, -0.2) is 0 Å². The van der Waals surface area contributed by atoms with E-state index in [1.165, 1.54) is 4.90 Å². The van der Waals surface area contributed by atoms with Gasteiger partial charge in [0, 0.05) is 19.0 Å². The van der Waals surface area contributed by atoms with Crippen molar-refractivity contribution in [2.24, 2.45) is 0 Å². The number of carbonyl (C=O) groups is 3. The van der Waals surface area contributed by atoms with E-state index in [0.29, 0.717) is 19.5 Å². The first-order valence-electron chi connectivity index (χ1n) is 7.20. The maximum absolute atomic E-state index is 12.3. The fourth-order valence-electron chi connectivity index (χ4n) is 2.57. The van der Waals surface area contributed by atoms with E-state index in [0.717, 1.165) is 6.42 Å². The fourth-order valence-corrected chi connectivity index (χ4v) is 2.57. The third-order valence-electron chi connectivity index (χ3n) is 3.54. The fraction of sp³-hybridized carbons (Fsp3) is 0.786. The molecule has 0 spiro atoms. The summed E-state index contributed by atoms with van der Waals surface area (Å²) in [7, 11) is 0. The summed E-state index contributed by atoms with van der Waals surface area (Å²) in [5.74, 6) is -1.10. The number of imide groups is 1. The van der Waals surface area contributed by atoms with Crippen LogP contribution in [0.1, 0.15) is 46.5 Å². The first kappa shape index (κ1) is 16.6. The van der Waals surface area contributed by atoms with Crippen LogP contribution in [0.5, 0.6) is 0 Å². The predicted molar refractivity (Wildman–Crippen MR) is 74.1 cm³/mol. The van der Waals surface area contributed by atoms with Crippen LogP contribution in [-0.4, -0.2) is 57.9 Å². The van der Waals surface area contributed by atoms with E-state index < -0.39 is 12.0 Å². The third-order valence-corrected chi connectivity index (χ3v) is 3.54. The Hall–Kier alpha value is -1.43. The second-order valence-corrected chi connectivity index (χ2v) is 5.43. The van der Waals surface area contributed by atoms with Gasteiger partial charge < -0.3 is 5.11 Å². The zero-order valence-corrected chi connectivity index (χ0v) is 12.5. The SMILES string of the molecule is CCCN1C(=O)CC(N(CCCC(=O)O)C(C)C)C1=O. The van der Waals surface area contributed by atoms with Gasteiger partial charge in [-0.2, -0.15) is 0 Å². The molecule has 1 unspecified atom stereocenters. The summed E-state index contributed by atoms with van der Waals surface area (Å²) < 4.78 is 0. The van der Waals surface area contributed by atoms with Crippen LogP contribution in [0.2, 0.25) is 0 Å². The number of likely N-dealkylation sites (tertiary alicyclic amines) is 1. The van der Waals surface area contributed by atoms with Crippen LogP contribution in [0, 0.1) is 0 Å². The summed E-state index contributed by atoms with van der Waals surface area (Å²) in [5.41, 5.74) is 0. The lowest BCUT2D eigenvalue weighted by molar-refractivity contribution is -0.140. The summed E-state index contributed by atoms with van der Waals surface area (Å²) in [6.07, 6.45) is 1.53. The van der Waals surface area contributed by atoms with Crippen molar-refractivity contribution in [1.29, 1.82) is 0 Å². The smallest absolute Gasteiger partial charge is 0.303 e. The maximum atomic E-state index is 12.3. The molecule has 0 saturated carbocycles. The molecule has 1 aliphatic heterocycles. The standard InChI is InChI=1S/C14H24N2O4/c1-4-7-16-12(17)9-11(14(16)20)15(10(2)3)8-5-6-13(18)19/h10-11H,4-9H2,1-3H3,(H,18,19). The van der Waals surface area contributed by atoms with E-state index in [9.17, 15) is 14.4 Å². The van der Waals surface area contributed by atoms with Crippen molar-refractivity contribution in [2.75, 3.05) is 13.1 Å². The molecule has 20 heavy (non-hydrogen) atoms. The minimum Gasteiger partial charge on any atom is -0.481 e. The lowest BCUT2D eigenvalue weighted by Crippen LogP contribution is -2.46. The van der Waals surface area contributed by atoms with Gasteiger partial charge in [0.2, 0.25) is 11.8 Å². The van der Waals surface area contributed by atoms with Gasteiger partial charge in [0.05, 0.1) is 12.5 Å². The Morgan fingerprint density at radius 3 is 2.60 bits per heavy atom. The van der Waals surface area contributed by atoms with Crippen molar-refractivity contribution in [2.45, 2.75) is 58.5 Å². The zero-order valence-electron chi connectivity index (χ0n) is 12.5. The summed E-state index contributed by atoms with van der Waals surface area (Å²) in [6.45, 7) is 6.84. The van der Waals surface area contributed by atoms with E-state index in [1.54, 1.807) is 0 Å². The van der Waals surface area contributed by atoms with Crippen molar-refractivity contribution in [1.82, 2.24) is 9.80 Å². The molecule has 0 radical (unpaired) electrons. The number of amides is 2. The molecule has 1 rings (SSSR count). The molecule has 1 fully saturated rings. The molecule has 1 saturated heterocycles. The Balaban J connectivity index is 2.70. The third kappa shape index (κ3) is 4.03. The second kappa shape index (κ2) is 7.38. The summed E-state index contributed by atoms with van der Waals surface area (Å²) in [4.78, 5) is 38.0. The molecule has 0 aromatic heterocycles.